The molecule has 20 heavy (non-hydrogen) atoms. The number of para-hydroxylation sites is 2. The van der Waals surface area contributed by atoms with Gasteiger partial charge in [0, 0.05) is 13.1 Å². The monoisotopic (exact) mass is 289 g/mol. The lowest BCUT2D eigenvalue weighted by molar-refractivity contribution is 0.0739. The van der Waals surface area contributed by atoms with E-state index in [1.54, 1.807) is 6.07 Å². The Kier molecular flexibility index (Phi) is 3.99. The molecule has 1 aliphatic heterocycles. The topological polar surface area (TPSA) is 38.8 Å². The number of hydrogen-bond donors (Lipinski definition) is 0. The van der Waals surface area contributed by atoms with Crippen molar-refractivity contribution >= 4 is 23.0 Å². The second kappa shape index (κ2) is 6.07. The van der Waals surface area contributed by atoms with Gasteiger partial charge in [-0.1, -0.05) is 18.2 Å². The van der Waals surface area contributed by atoms with Crippen molar-refractivity contribution in [1.29, 1.82) is 0 Å². The van der Waals surface area contributed by atoms with Gasteiger partial charge in [-0.15, -0.1) is 11.3 Å². The molecule has 3 rings (SSSR count). The Balaban J connectivity index is 1.80. The number of ether oxygens (including phenoxy) is 2. The Labute approximate surface area is 121 Å². The number of esters is 1. The van der Waals surface area contributed by atoms with Crippen LogP contribution in [-0.4, -0.2) is 32.3 Å². The van der Waals surface area contributed by atoms with Crippen molar-refractivity contribution in [2.45, 2.75) is 0 Å². The zero-order valence-electron chi connectivity index (χ0n) is 11.0. The molecule has 5 heteroatoms. The lowest BCUT2D eigenvalue weighted by Crippen LogP contribution is -2.36. The van der Waals surface area contributed by atoms with Gasteiger partial charge >= 0.3 is 5.97 Å². The highest BCUT2D eigenvalue weighted by Crippen LogP contribution is 2.29. The van der Waals surface area contributed by atoms with Crippen molar-refractivity contribution in [3.8, 4) is 5.75 Å². The van der Waals surface area contributed by atoms with E-state index in [9.17, 15) is 4.79 Å². The first-order chi connectivity index (χ1) is 9.84. The Bertz CT molecular complexity index is 577. The zero-order valence-corrected chi connectivity index (χ0v) is 11.8. The van der Waals surface area contributed by atoms with Crippen molar-refractivity contribution in [2.24, 2.45) is 0 Å². The van der Waals surface area contributed by atoms with Gasteiger partial charge in [-0.25, -0.2) is 4.79 Å². The zero-order chi connectivity index (χ0) is 13.8. The predicted octanol–water partition coefficient (Wildman–Crippen LogP) is 2.80. The lowest BCUT2D eigenvalue weighted by atomic mass is 10.2. The molecule has 0 radical (unpaired) electrons. The molecule has 2 aromatic rings. The van der Waals surface area contributed by atoms with Crippen LogP contribution >= 0.6 is 11.3 Å². The second-order valence-corrected chi connectivity index (χ2v) is 5.38. The molecule has 4 nitrogen and oxygen atoms in total. The van der Waals surface area contributed by atoms with Crippen molar-refractivity contribution in [2.75, 3.05) is 31.2 Å². The second-order valence-electron chi connectivity index (χ2n) is 4.43. The van der Waals surface area contributed by atoms with Crippen molar-refractivity contribution in [1.82, 2.24) is 0 Å². The van der Waals surface area contributed by atoms with E-state index in [4.69, 9.17) is 9.47 Å². The first-order valence-corrected chi connectivity index (χ1v) is 7.40. The molecule has 2 heterocycles. The highest BCUT2D eigenvalue weighted by molar-refractivity contribution is 7.12. The third kappa shape index (κ3) is 2.84. The van der Waals surface area contributed by atoms with E-state index in [1.165, 1.54) is 11.3 Å². The average molecular weight is 289 g/mol. The van der Waals surface area contributed by atoms with E-state index >= 15 is 0 Å². The van der Waals surface area contributed by atoms with Gasteiger partial charge in [0.25, 0.3) is 0 Å². The van der Waals surface area contributed by atoms with Crippen molar-refractivity contribution < 1.29 is 14.3 Å². The van der Waals surface area contributed by atoms with Gasteiger partial charge in [0.1, 0.15) is 4.88 Å². The molecule has 0 bridgehead atoms. The number of rotatable bonds is 3. The van der Waals surface area contributed by atoms with Crippen LogP contribution < -0.4 is 9.64 Å². The molecule has 1 aliphatic rings. The van der Waals surface area contributed by atoms with Gasteiger partial charge in [0.2, 0.25) is 0 Å². The van der Waals surface area contributed by atoms with Crippen LogP contribution in [0.5, 0.6) is 5.75 Å². The van der Waals surface area contributed by atoms with Crippen LogP contribution in [0.4, 0.5) is 5.69 Å². The fourth-order valence-electron chi connectivity index (χ4n) is 2.15. The van der Waals surface area contributed by atoms with Gasteiger partial charge in [-0.3, -0.25) is 0 Å². The fraction of sp³-hybridized carbons (Fsp3) is 0.267. The largest absolute Gasteiger partial charge is 0.420 e. The Morgan fingerprint density at radius 2 is 1.95 bits per heavy atom. The quantitative estimate of drug-likeness (QED) is 0.643. The summed E-state index contributed by atoms with van der Waals surface area (Å²) < 4.78 is 10.9. The molecule has 0 amide bonds. The summed E-state index contributed by atoms with van der Waals surface area (Å²) in [6, 6.07) is 11.2. The highest BCUT2D eigenvalue weighted by Gasteiger charge is 2.18. The fourth-order valence-corrected chi connectivity index (χ4v) is 2.75. The number of morpholine rings is 1. The molecule has 0 N–H and O–H groups in total. The molecular weight excluding hydrogens is 274 g/mol. The van der Waals surface area contributed by atoms with E-state index < -0.39 is 0 Å². The van der Waals surface area contributed by atoms with Crippen LogP contribution in [0.1, 0.15) is 9.67 Å². The van der Waals surface area contributed by atoms with E-state index in [-0.39, 0.29) is 5.97 Å². The molecule has 0 unspecified atom stereocenters. The maximum Gasteiger partial charge on any atom is 0.353 e. The Hall–Kier alpha value is -1.85. The molecular formula is C15H15NO3S. The number of thiophene rings is 1. The minimum atomic E-state index is -0.305. The molecule has 0 aliphatic carbocycles. The summed E-state index contributed by atoms with van der Waals surface area (Å²) in [5, 5.41) is 1.87. The minimum Gasteiger partial charge on any atom is -0.420 e. The van der Waals surface area contributed by atoms with Crippen LogP contribution in [0.15, 0.2) is 41.8 Å². The Morgan fingerprint density at radius 1 is 1.15 bits per heavy atom. The van der Waals surface area contributed by atoms with E-state index in [0.717, 1.165) is 18.8 Å². The summed E-state index contributed by atoms with van der Waals surface area (Å²) in [6.45, 7) is 3.03. The van der Waals surface area contributed by atoms with Crippen molar-refractivity contribution in [3.05, 3.63) is 46.7 Å². The summed E-state index contributed by atoms with van der Waals surface area (Å²) in [6.07, 6.45) is 0. The van der Waals surface area contributed by atoms with Gasteiger partial charge in [0.05, 0.1) is 18.9 Å². The molecule has 1 aromatic heterocycles. The molecule has 0 atom stereocenters. The van der Waals surface area contributed by atoms with Crippen LogP contribution in [0.3, 0.4) is 0 Å². The molecule has 1 saturated heterocycles. The average Bonchev–Trinajstić information content (AvgIpc) is 3.03. The first-order valence-electron chi connectivity index (χ1n) is 6.52. The first kappa shape index (κ1) is 13.1. The predicted molar refractivity (Wildman–Crippen MR) is 78.8 cm³/mol. The Morgan fingerprint density at radius 3 is 2.70 bits per heavy atom. The van der Waals surface area contributed by atoms with E-state index in [0.29, 0.717) is 23.8 Å². The number of carbonyl (C=O) groups excluding carboxylic acids is 1. The summed E-state index contributed by atoms with van der Waals surface area (Å²) >= 11 is 1.38. The van der Waals surface area contributed by atoms with Gasteiger partial charge in [0.15, 0.2) is 5.75 Å². The van der Waals surface area contributed by atoms with E-state index in [2.05, 4.69) is 4.90 Å². The molecule has 1 aromatic carbocycles. The maximum atomic E-state index is 12.1. The maximum absolute atomic E-state index is 12.1. The molecule has 1 fully saturated rings. The van der Waals surface area contributed by atoms with Gasteiger partial charge < -0.3 is 14.4 Å². The van der Waals surface area contributed by atoms with Crippen LogP contribution in [0, 0.1) is 0 Å². The number of hydrogen-bond acceptors (Lipinski definition) is 5. The van der Waals surface area contributed by atoms with Gasteiger partial charge in [-0.2, -0.15) is 0 Å². The van der Waals surface area contributed by atoms with Crippen LogP contribution in [-0.2, 0) is 4.74 Å². The molecule has 104 valence electrons. The molecule has 0 spiro atoms. The van der Waals surface area contributed by atoms with Gasteiger partial charge in [-0.05, 0) is 23.6 Å². The number of nitrogens with zero attached hydrogens (tertiary/aromatic N) is 1. The minimum absolute atomic E-state index is 0.305. The standard InChI is InChI=1S/C15H15NO3S/c17-15(14-6-3-11-20-14)19-13-5-2-1-4-12(13)16-7-9-18-10-8-16/h1-6,11H,7-10H2. The van der Waals surface area contributed by atoms with E-state index in [1.807, 2.05) is 35.7 Å². The summed E-state index contributed by atoms with van der Waals surface area (Å²) in [7, 11) is 0. The summed E-state index contributed by atoms with van der Waals surface area (Å²) in [4.78, 5) is 14.8. The third-order valence-electron chi connectivity index (χ3n) is 3.14. The number of anilines is 1. The number of benzene rings is 1. The van der Waals surface area contributed by atoms with Crippen LogP contribution in [0.25, 0.3) is 0 Å². The summed E-state index contributed by atoms with van der Waals surface area (Å²) in [5.41, 5.74) is 0.945. The number of carbonyl (C=O) groups is 1. The smallest absolute Gasteiger partial charge is 0.353 e. The SMILES string of the molecule is O=C(Oc1ccccc1N1CCOCC1)c1cccs1. The molecule has 0 saturated carbocycles. The normalized spacial score (nSPS) is 15.1. The lowest BCUT2D eigenvalue weighted by Gasteiger charge is -2.29. The third-order valence-corrected chi connectivity index (χ3v) is 3.99. The van der Waals surface area contributed by atoms with Crippen LogP contribution in [0.2, 0.25) is 0 Å². The highest BCUT2D eigenvalue weighted by atomic mass is 32.1. The van der Waals surface area contributed by atoms with Crippen molar-refractivity contribution in [3.63, 3.8) is 0 Å². The summed E-state index contributed by atoms with van der Waals surface area (Å²) in [5.74, 6) is 0.300.